The average Bonchev–Trinajstić information content (AvgIpc) is 2.66. The Labute approximate surface area is 150 Å². The van der Waals surface area contributed by atoms with E-state index >= 15 is 0 Å². The van der Waals surface area contributed by atoms with E-state index in [0.29, 0.717) is 6.61 Å². The first-order valence-electron chi connectivity index (χ1n) is 8.95. The number of benzene rings is 2. The fourth-order valence-corrected chi connectivity index (χ4v) is 3.57. The van der Waals surface area contributed by atoms with E-state index in [1.807, 2.05) is 13.0 Å². The third kappa shape index (κ3) is 3.45. The first kappa shape index (κ1) is 17.6. The molecule has 1 unspecified atom stereocenters. The summed E-state index contributed by atoms with van der Waals surface area (Å²) in [5, 5.41) is 3.67. The van der Waals surface area contributed by atoms with Crippen molar-refractivity contribution in [3.63, 3.8) is 0 Å². The van der Waals surface area contributed by atoms with Crippen molar-refractivity contribution in [2.75, 3.05) is 27.4 Å². The van der Waals surface area contributed by atoms with Gasteiger partial charge >= 0.3 is 0 Å². The number of hydrogen-bond donors (Lipinski definition) is 1. The van der Waals surface area contributed by atoms with E-state index in [-0.39, 0.29) is 6.04 Å². The van der Waals surface area contributed by atoms with Gasteiger partial charge in [0.25, 0.3) is 0 Å². The molecule has 0 aromatic heterocycles. The molecule has 1 heterocycles. The number of aryl methyl sites for hydroxylation is 1. The van der Waals surface area contributed by atoms with Crippen molar-refractivity contribution >= 4 is 0 Å². The maximum absolute atomic E-state index is 5.80. The van der Waals surface area contributed by atoms with Crippen LogP contribution in [0.1, 0.15) is 42.1 Å². The number of ether oxygens (including phenoxy) is 3. The molecule has 1 aliphatic heterocycles. The highest BCUT2D eigenvalue weighted by atomic mass is 16.5. The van der Waals surface area contributed by atoms with Gasteiger partial charge in [0.1, 0.15) is 5.75 Å². The zero-order chi connectivity index (χ0) is 17.8. The molecular weight excluding hydrogens is 314 g/mol. The van der Waals surface area contributed by atoms with Gasteiger partial charge in [-0.05, 0) is 66.3 Å². The second kappa shape index (κ2) is 7.79. The number of rotatable bonds is 6. The molecule has 0 fully saturated rings. The Morgan fingerprint density at radius 3 is 2.52 bits per heavy atom. The predicted octanol–water partition coefficient (Wildman–Crippen LogP) is 3.90. The van der Waals surface area contributed by atoms with E-state index in [0.717, 1.165) is 36.6 Å². The van der Waals surface area contributed by atoms with E-state index in [4.69, 9.17) is 14.2 Å². The molecule has 1 N–H and O–H groups in total. The fraction of sp³-hybridized carbons (Fsp3) is 0.429. The van der Waals surface area contributed by atoms with Crippen LogP contribution in [0.25, 0.3) is 0 Å². The summed E-state index contributed by atoms with van der Waals surface area (Å²) in [6, 6.07) is 10.8. The zero-order valence-electron chi connectivity index (χ0n) is 15.5. The summed E-state index contributed by atoms with van der Waals surface area (Å²) in [4.78, 5) is 0. The van der Waals surface area contributed by atoms with Gasteiger partial charge in [-0.15, -0.1) is 0 Å². The lowest BCUT2D eigenvalue weighted by Gasteiger charge is -2.30. The van der Waals surface area contributed by atoms with Gasteiger partial charge < -0.3 is 19.5 Å². The zero-order valence-corrected chi connectivity index (χ0v) is 15.5. The first-order valence-corrected chi connectivity index (χ1v) is 8.95. The molecule has 0 radical (unpaired) electrons. The Morgan fingerprint density at radius 2 is 1.84 bits per heavy atom. The van der Waals surface area contributed by atoms with Gasteiger partial charge in [0, 0.05) is 6.54 Å². The van der Waals surface area contributed by atoms with Crippen molar-refractivity contribution in [1.82, 2.24) is 5.32 Å². The Kier molecular flexibility index (Phi) is 5.49. The molecule has 0 aliphatic carbocycles. The molecule has 0 spiro atoms. The normalized spacial score (nSPS) is 16.2. The molecule has 0 saturated heterocycles. The summed E-state index contributed by atoms with van der Waals surface area (Å²) in [6.45, 7) is 5.74. The van der Waals surface area contributed by atoms with Crippen LogP contribution in [0, 0.1) is 0 Å². The average molecular weight is 341 g/mol. The van der Waals surface area contributed by atoms with Crippen LogP contribution in [-0.2, 0) is 12.8 Å². The third-order valence-corrected chi connectivity index (χ3v) is 4.82. The summed E-state index contributed by atoms with van der Waals surface area (Å²) >= 11 is 0. The van der Waals surface area contributed by atoms with E-state index in [9.17, 15) is 0 Å². The summed E-state index contributed by atoms with van der Waals surface area (Å²) in [7, 11) is 3.41. The van der Waals surface area contributed by atoms with E-state index in [1.54, 1.807) is 14.2 Å². The lowest BCUT2D eigenvalue weighted by atomic mass is 9.86. The van der Waals surface area contributed by atoms with Crippen molar-refractivity contribution in [1.29, 1.82) is 0 Å². The number of methoxy groups -OCH3 is 2. The Balaban J connectivity index is 2.08. The topological polar surface area (TPSA) is 39.7 Å². The molecule has 0 amide bonds. The van der Waals surface area contributed by atoms with Crippen LogP contribution < -0.4 is 19.5 Å². The van der Waals surface area contributed by atoms with Crippen molar-refractivity contribution in [3.8, 4) is 17.2 Å². The Morgan fingerprint density at radius 1 is 1.00 bits per heavy atom. The molecule has 0 bridgehead atoms. The minimum Gasteiger partial charge on any atom is -0.497 e. The molecule has 1 aliphatic rings. The molecule has 1 atom stereocenters. The SMILES string of the molecule is CCOc1cc2c(cc1OC)CCNC2c1ccc(OC)cc1CC. The molecular formula is C21H27NO3. The minimum atomic E-state index is 0.162. The lowest BCUT2D eigenvalue weighted by molar-refractivity contribution is 0.309. The van der Waals surface area contributed by atoms with Crippen LogP contribution >= 0.6 is 0 Å². The van der Waals surface area contributed by atoms with Crippen molar-refractivity contribution in [3.05, 3.63) is 52.6 Å². The second-order valence-corrected chi connectivity index (χ2v) is 6.19. The highest BCUT2D eigenvalue weighted by Crippen LogP contribution is 2.39. The standard InChI is InChI=1S/C21H27NO3/c1-5-14-11-16(23-3)7-8-17(14)21-18-13-20(25-6-2)19(24-4)12-15(18)9-10-22-21/h7-8,11-13,21-22H,5-6,9-10H2,1-4H3. The summed E-state index contributed by atoms with van der Waals surface area (Å²) in [5.41, 5.74) is 5.20. The predicted molar refractivity (Wildman–Crippen MR) is 100 cm³/mol. The molecule has 134 valence electrons. The van der Waals surface area contributed by atoms with Gasteiger partial charge in [-0.3, -0.25) is 0 Å². The van der Waals surface area contributed by atoms with Crippen LogP contribution in [0.15, 0.2) is 30.3 Å². The summed E-state index contributed by atoms with van der Waals surface area (Å²) in [6.07, 6.45) is 1.96. The molecule has 2 aromatic carbocycles. The van der Waals surface area contributed by atoms with E-state index in [2.05, 4.69) is 36.5 Å². The van der Waals surface area contributed by atoms with Gasteiger partial charge in [-0.1, -0.05) is 13.0 Å². The van der Waals surface area contributed by atoms with E-state index in [1.165, 1.54) is 22.3 Å². The van der Waals surface area contributed by atoms with Crippen LogP contribution in [-0.4, -0.2) is 27.4 Å². The van der Waals surface area contributed by atoms with E-state index < -0.39 is 0 Å². The number of nitrogens with one attached hydrogen (secondary N) is 1. The molecule has 0 saturated carbocycles. The van der Waals surface area contributed by atoms with Crippen molar-refractivity contribution in [2.24, 2.45) is 0 Å². The highest BCUT2D eigenvalue weighted by molar-refractivity contribution is 5.53. The van der Waals surface area contributed by atoms with Gasteiger partial charge in [-0.25, -0.2) is 0 Å². The van der Waals surface area contributed by atoms with Crippen molar-refractivity contribution in [2.45, 2.75) is 32.7 Å². The Bertz CT molecular complexity index is 742. The Hall–Kier alpha value is -2.20. The third-order valence-electron chi connectivity index (χ3n) is 4.82. The minimum absolute atomic E-state index is 0.162. The summed E-state index contributed by atoms with van der Waals surface area (Å²) in [5.74, 6) is 2.53. The van der Waals surface area contributed by atoms with Crippen LogP contribution in [0.4, 0.5) is 0 Å². The second-order valence-electron chi connectivity index (χ2n) is 6.19. The van der Waals surface area contributed by atoms with Gasteiger partial charge in [0.15, 0.2) is 11.5 Å². The van der Waals surface area contributed by atoms with Gasteiger partial charge in [-0.2, -0.15) is 0 Å². The molecule has 3 rings (SSSR count). The monoisotopic (exact) mass is 341 g/mol. The molecule has 4 nitrogen and oxygen atoms in total. The van der Waals surface area contributed by atoms with Gasteiger partial charge in [0.2, 0.25) is 0 Å². The molecule has 25 heavy (non-hydrogen) atoms. The fourth-order valence-electron chi connectivity index (χ4n) is 3.57. The number of hydrogen-bond acceptors (Lipinski definition) is 4. The van der Waals surface area contributed by atoms with Gasteiger partial charge in [0.05, 0.1) is 26.9 Å². The van der Waals surface area contributed by atoms with Crippen LogP contribution in [0.3, 0.4) is 0 Å². The summed E-state index contributed by atoms with van der Waals surface area (Å²) < 4.78 is 16.7. The molecule has 4 heteroatoms. The first-order chi connectivity index (χ1) is 12.2. The number of fused-ring (bicyclic) bond motifs is 1. The maximum atomic E-state index is 5.80. The van der Waals surface area contributed by atoms with Crippen LogP contribution in [0.5, 0.6) is 17.2 Å². The highest BCUT2D eigenvalue weighted by Gasteiger charge is 2.25. The van der Waals surface area contributed by atoms with Crippen molar-refractivity contribution < 1.29 is 14.2 Å². The quantitative estimate of drug-likeness (QED) is 0.865. The molecule has 2 aromatic rings. The largest absolute Gasteiger partial charge is 0.497 e. The maximum Gasteiger partial charge on any atom is 0.161 e. The smallest absolute Gasteiger partial charge is 0.161 e. The lowest BCUT2D eigenvalue weighted by Crippen LogP contribution is -2.31. The van der Waals surface area contributed by atoms with Crippen LogP contribution in [0.2, 0.25) is 0 Å².